The van der Waals surface area contributed by atoms with Crippen molar-refractivity contribution < 1.29 is 32.6 Å². The number of anilines is 2. The highest BCUT2D eigenvalue weighted by Crippen LogP contribution is 2.37. The number of aliphatic hydroxyl groups excluding tert-OH is 1. The number of ether oxygens (including phenoxy) is 1. The fourth-order valence-electron chi connectivity index (χ4n) is 3.69. The van der Waals surface area contributed by atoms with Crippen molar-refractivity contribution >= 4 is 50.9 Å². The van der Waals surface area contributed by atoms with E-state index in [1.165, 1.54) is 18.3 Å². The number of halogens is 5. The van der Waals surface area contributed by atoms with E-state index in [1.807, 2.05) is 11.8 Å². The second-order valence-corrected chi connectivity index (χ2v) is 10.3. The molecule has 0 radical (unpaired) electrons. The van der Waals surface area contributed by atoms with Crippen LogP contribution in [0.5, 0.6) is 5.75 Å². The van der Waals surface area contributed by atoms with Gasteiger partial charge in [0, 0.05) is 37.9 Å². The molecule has 1 unspecified atom stereocenters. The fraction of sp³-hybridized carbons (Fsp3) is 0.435. The molecule has 1 aromatic heterocycles. The molecule has 1 fully saturated rings. The van der Waals surface area contributed by atoms with Crippen LogP contribution in [0.2, 0.25) is 5.02 Å². The smallest absolute Gasteiger partial charge is 0.405 e. The predicted molar refractivity (Wildman–Crippen MR) is 132 cm³/mol. The lowest BCUT2D eigenvalue weighted by Crippen LogP contribution is -2.56. The summed E-state index contributed by atoms with van der Waals surface area (Å²) in [6.45, 7) is 6.53. The van der Waals surface area contributed by atoms with Crippen LogP contribution in [0.25, 0.3) is 0 Å². The molecule has 1 aliphatic rings. The molecule has 0 saturated carbocycles. The van der Waals surface area contributed by atoms with Crippen molar-refractivity contribution in [1.29, 1.82) is 0 Å². The van der Waals surface area contributed by atoms with Crippen LogP contribution in [-0.2, 0) is 4.79 Å². The Balaban J connectivity index is 1.68. The number of alkyl halides is 3. The normalized spacial score (nSPS) is 16.6. The van der Waals surface area contributed by atoms with Crippen molar-refractivity contribution in [2.45, 2.75) is 33.2 Å². The molecular formula is C23H25BrClF3N4O4. The van der Waals surface area contributed by atoms with E-state index in [0.29, 0.717) is 25.5 Å². The number of rotatable bonds is 6. The zero-order valence-electron chi connectivity index (χ0n) is 19.7. The maximum atomic E-state index is 12.7. The Hall–Kier alpha value is -2.57. The molecule has 2 heterocycles. The summed E-state index contributed by atoms with van der Waals surface area (Å²) in [4.78, 5) is 33.4. The van der Waals surface area contributed by atoms with Crippen LogP contribution in [0.3, 0.4) is 0 Å². The third kappa shape index (κ3) is 6.60. The molecule has 36 heavy (non-hydrogen) atoms. The second kappa shape index (κ2) is 10.8. The van der Waals surface area contributed by atoms with E-state index in [-0.39, 0.29) is 39.3 Å². The van der Waals surface area contributed by atoms with E-state index < -0.39 is 23.4 Å². The summed E-state index contributed by atoms with van der Waals surface area (Å²) in [6.07, 6.45) is -3.56. The number of pyridine rings is 1. The van der Waals surface area contributed by atoms with E-state index in [9.17, 15) is 27.9 Å². The first-order chi connectivity index (χ1) is 16.7. The third-order valence-corrected chi connectivity index (χ3v) is 6.62. The first-order valence-corrected chi connectivity index (χ1v) is 12.1. The van der Waals surface area contributed by atoms with Gasteiger partial charge in [0.1, 0.15) is 11.6 Å². The van der Waals surface area contributed by atoms with Gasteiger partial charge in [-0.3, -0.25) is 9.59 Å². The number of carbonyl (C=O) groups is 2. The Labute approximate surface area is 219 Å². The number of piperazine rings is 1. The molecule has 2 N–H and O–H groups in total. The van der Waals surface area contributed by atoms with Gasteiger partial charge in [0.2, 0.25) is 5.91 Å². The fourth-order valence-corrected chi connectivity index (χ4v) is 4.46. The molecule has 8 nitrogen and oxygen atoms in total. The van der Waals surface area contributed by atoms with Crippen LogP contribution in [0, 0.1) is 5.41 Å². The summed E-state index contributed by atoms with van der Waals surface area (Å²) in [5.74, 6) is -0.683. The lowest BCUT2D eigenvalue weighted by molar-refractivity contribution is -0.274. The molecule has 2 amide bonds. The first kappa shape index (κ1) is 28.0. The Morgan fingerprint density at radius 1 is 1.28 bits per heavy atom. The Morgan fingerprint density at radius 2 is 1.97 bits per heavy atom. The highest BCUT2D eigenvalue weighted by molar-refractivity contribution is 9.10. The molecule has 3 rings (SSSR count). The first-order valence-electron chi connectivity index (χ1n) is 10.9. The minimum atomic E-state index is -4.91. The second-order valence-electron chi connectivity index (χ2n) is 9.01. The van der Waals surface area contributed by atoms with Gasteiger partial charge in [0.05, 0.1) is 32.8 Å². The third-order valence-electron chi connectivity index (χ3n) is 5.69. The minimum absolute atomic E-state index is 0.0138. The van der Waals surface area contributed by atoms with Crippen molar-refractivity contribution in [3.8, 4) is 5.75 Å². The van der Waals surface area contributed by atoms with Crippen molar-refractivity contribution in [3.05, 3.63) is 45.5 Å². The van der Waals surface area contributed by atoms with Crippen molar-refractivity contribution in [2.24, 2.45) is 5.41 Å². The summed E-state index contributed by atoms with van der Waals surface area (Å²) in [5, 5.41) is 12.0. The summed E-state index contributed by atoms with van der Waals surface area (Å²) in [6, 6.07) is 5.30. The maximum Gasteiger partial charge on any atom is 0.573 e. The minimum Gasteiger partial charge on any atom is -0.405 e. The van der Waals surface area contributed by atoms with Gasteiger partial charge >= 0.3 is 6.36 Å². The number of benzene rings is 1. The van der Waals surface area contributed by atoms with Crippen LogP contribution in [0.1, 0.15) is 31.1 Å². The Morgan fingerprint density at radius 3 is 2.53 bits per heavy atom. The highest BCUT2D eigenvalue weighted by Gasteiger charge is 2.35. The summed E-state index contributed by atoms with van der Waals surface area (Å²) in [7, 11) is 0. The van der Waals surface area contributed by atoms with E-state index in [4.69, 9.17) is 11.6 Å². The summed E-state index contributed by atoms with van der Waals surface area (Å²) in [5.41, 5.74) is -0.748. The number of nitrogens with one attached hydrogen (secondary N) is 1. The van der Waals surface area contributed by atoms with Gasteiger partial charge in [0.15, 0.2) is 0 Å². The van der Waals surface area contributed by atoms with Crippen LogP contribution in [-0.4, -0.2) is 65.5 Å². The number of aliphatic hydroxyl groups is 1. The van der Waals surface area contributed by atoms with Crippen LogP contribution in [0.15, 0.2) is 34.9 Å². The van der Waals surface area contributed by atoms with Crippen LogP contribution >= 0.6 is 27.5 Å². The van der Waals surface area contributed by atoms with Crippen molar-refractivity contribution in [2.75, 3.05) is 36.5 Å². The predicted octanol–water partition coefficient (Wildman–Crippen LogP) is 4.70. The highest BCUT2D eigenvalue weighted by atomic mass is 79.9. The zero-order valence-corrected chi connectivity index (χ0v) is 22.0. The van der Waals surface area contributed by atoms with Crippen molar-refractivity contribution in [1.82, 2.24) is 9.88 Å². The number of nitrogens with zero attached hydrogens (tertiary/aromatic N) is 3. The number of amides is 2. The number of hydrogen-bond acceptors (Lipinski definition) is 6. The maximum absolute atomic E-state index is 12.7. The molecular weight excluding hydrogens is 569 g/mol. The SMILES string of the molecule is CC1CN(C(=O)C(C)(C)CO)CCN1c1ccc(C(=O)Nc2cc(OC(F)(F)F)c(Br)cc2Cl)cn1. The average molecular weight is 594 g/mol. The van der Waals surface area contributed by atoms with Gasteiger partial charge in [-0.25, -0.2) is 4.98 Å². The van der Waals surface area contributed by atoms with Gasteiger partial charge in [-0.2, -0.15) is 0 Å². The molecule has 1 saturated heterocycles. The molecule has 2 aromatic rings. The van der Waals surface area contributed by atoms with Gasteiger partial charge in [-0.1, -0.05) is 11.6 Å². The number of aromatic nitrogens is 1. The molecule has 0 aliphatic carbocycles. The van der Waals surface area contributed by atoms with Gasteiger partial charge in [0.25, 0.3) is 5.91 Å². The topological polar surface area (TPSA) is 95.0 Å². The Kier molecular flexibility index (Phi) is 8.41. The molecule has 196 valence electrons. The number of carbonyl (C=O) groups excluding carboxylic acids is 2. The van der Waals surface area contributed by atoms with E-state index >= 15 is 0 Å². The number of hydrogen-bond donors (Lipinski definition) is 2. The van der Waals surface area contributed by atoms with Crippen LogP contribution in [0.4, 0.5) is 24.7 Å². The molecule has 1 atom stereocenters. The average Bonchev–Trinajstić information content (AvgIpc) is 2.80. The quantitative estimate of drug-likeness (QED) is 0.504. The van der Waals surface area contributed by atoms with E-state index in [2.05, 4.69) is 31.0 Å². The molecule has 13 heteroatoms. The van der Waals surface area contributed by atoms with Gasteiger partial charge in [-0.05, 0) is 54.9 Å². The van der Waals surface area contributed by atoms with Gasteiger partial charge < -0.3 is 25.0 Å². The van der Waals surface area contributed by atoms with Crippen molar-refractivity contribution in [3.63, 3.8) is 0 Å². The van der Waals surface area contributed by atoms with Crippen LogP contribution < -0.4 is 15.0 Å². The summed E-state index contributed by atoms with van der Waals surface area (Å²) < 4.78 is 41.8. The monoisotopic (exact) mass is 592 g/mol. The molecule has 0 bridgehead atoms. The lowest BCUT2D eigenvalue weighted by Gasteiger charge is -2.42. The Bertz CT molecular complexity index is 1130. The largest absolute Gasteiger partial charge is 0.573 e. The molecule has 1 aliphatic heterocycles. The lowest BCUT2D eigenvalue weighted by atomic mass is 9.92. The standard InChI is InChI=1S/C23H25BrClF3N4O4/c1-13-11-31(21(35)22(2,3)12-33)6-7-32(13)19-5-4-14(10-29-19)20(34)30-17-9-18(36-23(26,27)28)15(24)8-16(17)25/h4-5,8-10,13,33H,6-7,11-12H2,1-3H3,(H,30,34). The summed E-state index contributed by atoms with van der Waals surface area (Å²) >= 11 is 9.02. The molecule has 0 spiro atoms. The molecule has 1 aromatic carbocycles. The van der Waals surface area contributed by atoms with Gasteiger partial charge in [-0.15, -0.1) is 13.2 Å². The van der Waals surface area contributed by atoms with E-state index in [0.717, 1.165) is 6.07 Å². The van der Waals surface area contributed by atoms with E-state index in [1.54, 1.807) is 24.8 Å². The zero-order chi connectivity index (χ0) is 26.8.